The maximum absolute atomic E-state index is 13.6. The van der Waals surface area contributed by atoms with Gasteiger partial charge in [-0.25, -0.2) is 9.69 Å². The number of carbonyl (C=O) groups excluding carboxylic acids is 2. The summed E-state index contributed by atoms with van der Waals surface area (Å²) < 4.78 is 45.8. The lowest BCUT2D eigenvalue weighted by Gasteiger charge is -2.25. The minimum absolute atomic E-state index is 0.110. The van der Waals surface area contributed by atoms with Crippen LogP contribution in [0, 0.1) is 13.8 Å². The highest BCUT2D eigenvalue weighted by atomic mass is 19.4. The molecule has 1 N–H and O–H groups in total. The van der Waals surface area contributed by atoms with Crippen LogP contribution in [-0.4, -0.2) is 29.8 Å². The molecule has 162 valence electrons. The molecule has 5 nitrogen and oxygen atoms in total. The molecular formula is C23H21F3N2O3. The molecule has 0 aliphatic carbocycles. The number of ether oxygens (including phenoxy) is 1. The van der Waals surface area contributed by atoms with E-state index < -0.39 is 18.2 Å². The van der Waals surface area contributed by atoms with E-state index in [2.05, 4.69) is 4.98 Å². The second-order valence-electron chi connectivity index (χ2n) is 6.87. The van der Waals surface area contributed by atoms with Gasteiger partial charge in [0.15, 0.2) is 0 Å². The summed E-state index contributed by atoms with van der Waals surface area (Å²) in [6, 6.07) is 12.7. The molecule has 0 bridgehead atoms. The first kappa shape index (κ1) is 22.1. The van der Waals surface area contributed by atoms with Crippen LogP contribution >= 0.6 is 0 Å². The highest BCUT2D eigenvalue weighted by Gasteiger charge is 2.42. The number of aromatic amines is 1. The van der Waals surface area contributed by atoms with Gasteiger partial charge < -0.3 is 9.72 Å². The van der Waals surface area contributed by atoms with Crippen molar-refractivity contribution >= 4 is 17.6 Å². The van der Waals surface area contributed by atoms with E-state index in [9.17, 15) is 22.8 Å². The van der Waals surface area contributed by atoms with E-state index in [0.717, 1.165) is 5.56 Å². The van der Waals surface area contributed by atoms with Crippen molar-refractivity contribution in [1.82, 2.24) is 4.98 Å². The summed E-state index contributed by atoms with van der Waals surface area (Å²) in [6.45, 7) is 5.48. The molecule has 3 aromatic rings. The number of nitrogens with zero attached hydrogens (tertiary/aromatic N) is 1. The molecule has 2 aromatic carbocycles. The average molecular weight is 430 g/mol. The van der Waals surface area contributed by atoms with E-state index in [1.54, 1.807) is 39.0 Å². The Balaban J connectivity index is 1.95. The maximum atomic E-state index is 13.6. The van der Waals surface area contributed by atoms with Crippen LogP contribution in [-0.2, 0) is 4.74 Å². The summed E-state index contributed by atoms with van der Waals surface area (Å²) in [5.74, 6) is -1.66. The number of esters is 1. The summed E-state index contributed by atoms with van der Waals surface area (Å²) >= 11 is 0. The predicted molar refractivity (Wildman–Crippen MR) is 111 cm³/mol. The number of benzene rings is 2. The Morgan fingerprint density at radius 1 is 1.00 bits per heavy atom. The fourth-order valence-corrected chi connectivity index (χ4v) is 3.45. The van der Waals surface area contributed by atoms with Gasteiger partial charge in [-0.05, 0) is 56.2 Å². The van der Waals surface area contributed by atoms with Gasteiger partial charge in [0.1, 0.15) is 5.69 Å². The summed E-state index contributed by atoms with van der Waals surface area (Å²) in [7, 11) is 0. The number of halogens is 3. The first-order valence-electron chi connectivity index (χ1n) is 9.58. The number of anilines is 1. The van der Waals surface area contributed by atoms with Gasteiger partial charge in [-0.1, -0.05) is 30.3 Å². The van der Waals surface area contributed by atoms with Crippen LogP contribution in [0.3, 0.4) is 0 Å². The van der Waals surface area contributed by atoms with Crippen molar-refractivity contribution in [3.8, 4) is 11.1 Å². The van der Waals surface area contributed by atoms with Crippen LogP contribution in [0.5, 0.6) is 0 Å². The zero-order chi connectivity index (χ0) is 22.8. The summed E-state index contributed by atoms with van der Waals surface area (Å²) in [5, 5.41) is 0. The van der Waals surface area contributed by atoms with Crippen LogP contribution in [0.25, 0.3) is 11.1 Å². The van der Waals surface area contributed by atoms with Crippen molar-refractivity contribution in [3.05, 3.63) is 77.1 Å². The van der Waals surface area contributed by atoms with Crippen molar-refractivity contribution in [2.45, 2.75) is 27.1 Å². The molecule has 0 fully saturated rings. The molecule has 0 unspecified atom stereocenters. The van der Waals surface area contributed by atoms with Crippen molar-refractivity contribution in [1.29, 1.82) is 0 Å². The van der Waals surface area contributed by atoms with Crippen LogP contribution in [0.2, 0.25) is 0 Å². The van der Waals surface area contributed by atoms with Gasteiger partial charge in [-0.15, -0.1) is 13.2 Å². The highest BCUT2D eigenvalue weighted by molar-refractivity contribution is 6.06. The quantitative estimate of drug-likeness (QED) is 0.421. The van der Waals surface area contributed by atoms with Gasteiger partial charge >= 0.3 is 12.3 Å². The van der Waals surface area contributed by atoms with Crippen LogP contribution in [0.4, 0.5) is 18.9 Å². The number of para-hydroxylation sites is 1. The first-order chi connectivity index (χ1) is 14.6. The number of aryl methyl sites for hydroxylation is 1. The third-order valence-electron chi connectivity index (χ3n) is 4.81. The molecule has 0 aliphatic rings. The monoisotopic (exact) mass is 430 g/mol. The number of H-pyrrole nitrogens is 1. The minimum Gasteiger partial charge on any atom is -0.461 e. The van der Waals surface area contributed by atoms with E-state index in [1.807, 2.05) is 0 Å². The van der Waals surface area contributed by atoms with E-state index in [0.29, 0.717) is 22.5 Å². The molecule has 1 amide bonds. The molecule has 0 radical (unpaired) electrons. The zero-order valence-corrected chi connectivity index (χ0v) is 17.2. The summed E-state index contributed by atoms with van der Waals surface area (Å²) in [6.07, 6.45) is -4.88. The topological polar surface area (TPSA) is 62.4 Å². The first-order valence-corrected chi connectivity index (χ1v) is 9.58. The smallest absolute Gasteiger partial charge is 0.461 e. The van der Waals surface area contributed by atoms with E-state index in [4.69, 9.17) is 4.74 Å². The van der Waals surface area contributed by atoms with E-state index in [1.165, 1.54) is 36.4 Å². The van der Waals surface area contributed by atoms with Crippen LogP contribution in [0.15, 0.2) is 54.6 Å². The fourth-order valence-electron chi connectivity index (χ4n) is 3.45. The van der Waals surface area contributed by atoms with Gasteiger partial charge in [0, 0.05) is 16.8 Å². The van der Waals surface area contributed by atoms with E-state index >= 15 is 0 Å². The van der Waals surface area contributed by atoms with E-state index in [-0.39, 0.29) is 22.8 Å². The molecule has 0 spiro atoms. The van der Waals surface area contributed by atoms with Gasteiger partial charge in [0.25, 0.3) is 5.91 Å². The largest absolute Gasteiger partial charge is 0.491 e. The van der Waals surface area contributed by atoms with Crippen molar-refractivity contribution in [2.24, 2.45) is 0 Å². The normalized spacial score (nSPS) is 11.3. The molecule has 0 saturated heterocycles. The average Bonchev–Trinajstić information content (AvgIpc) is 3.02. The Kier molecular flexibility index (Phi) is 6.19. The Hall–Kier alpha value is -3.55. The molecule has 0 atom stereocenters. The second-order valence-corrected chi connectivity index (χ2v) is 6.87. The van der Waals surface area contributed by atoms with Crippen LogP contribution in [0.1, 0.15) is 39.0 Å². The number of amides is 1. The lowest BCUT2D eigenvalue weighted by molar-refractivity contribution is -0.122. The summed E-state index contributed by atoms with van der Waals surface area (Å²) in [4.78, 5) is 27.6. The maximum Gasteiger partial charge on any atom is 0.491 e. The van der Waals surface area contributed by atoms with Gasteiger partial charge in [-0.2, -0.15) is 0 Å². The Labute approximate surface area is 177 Å². The summed E-state index contributed by atoms with van der Waals surface area (Å²) in [5.41, 5.74) is 2.72. The number of aromatic nitrogens is 1. The van der Waals surface area contributed by atoms with Crippen molar-refractivity contribution in [2.75, 3.05) is 11.5 Å². The number of carbonyl (C=O) groups is 2. The third kappa shape index (κ3) is 4.47. The minimum atomic E-state index is -4.88. The predicted octanol–water partition coefficient (Wildman–Crippen LogP) is 5.64. The van der Waals surface area contributed by atoms with Gasteiger partial charge in [0.2, 0.25) is 0 Å². The number of nitrogens with one attached hydrogen (secondary N) is 1. The molecule has 1 aromatic heterocycles. The van der Waals surface area contributed by atoms with Crippen LogP contribution < -0.4 is 4.90 Å². The van der Waals surface area contributed by atoms with Gasteiger partial charge in [0.05, 0.1) is 12.3 Å². The van der Waals surface area contributed by atoms with Gasteiger partial charge in [-0.3, -0.25) is 4.79 Å². The lowest BCUT2D eigenvalue weighted by atomic mass is 9.99. The highest BCUT2D eigenvalue weighted by Crippen LogP contribution is 2.33. The zero-order valence-electron chi connectivity index (χ0n) is 17.2. The van der Waals surface area contributed by atoms with Crippen molar-refractivity contribution < 1.29 is 27.5 Å². The Morgan fingerprint density at radius 2 is 1.61 bits per heavy atom. The number of hydrogen-bond donors (Lipinski definition) is 1. The standard InChI is InChI=1S/C23H21F3N2O3/c1-4-31-22(30)20-14(2)19(15(3)27-20)16-10-12-17(13-11-16)21(29)28(23(24,25)26)18-8-6-5-7-9-18/h5-13,27H,4H2,1-3H3. The number of hydrogen-bond acceptors (Lipinski definition) is 3. The molecular weight excluding hydrogens is 409 g/mol. The second kappa shape index (κ2) is 8.67. The lowest BCUT2D eigenvalue weighted by Crippen LogP contribution is -2.43. The number of alkyl halides is 3. The SMILES string of the molecule is CCOC(=O)c1[nH]c(C)c(-c2ccc(C(=O)N(c3ccccc3)C(F)(F)F)cc2)c1C. The van der Waals surface area contributed by atoms with Crippen molar-refractivity contribution in [3.63, 3.8) is 0 Å². The molecule has 3 rings (SSSR count). The molecule has 8 heteroatoms. The molecule has 0 aliphatic heterocycles. The Morgan fingerprint density at radius 3 is 2.16 bits per heavy atom. The molecule has 0 saturated carbocycles. The molecule has 31 heavy (non-hydrogen) atoms. The fraction of sp³-hybridized carbons (Fsp3) is 0.217. The Bertz CT molecular complexity index is 1090. The third-order valence-corrected chi connectivity index (χ3v) is 4.81. The number of rotatable bonds is 5. The molecule has 1 heterocycles.